The molecule has 1 heterocycles. The lowest BCUT2D eigenvalue weighted by Gasteiger charge is -2.11. The van der Waals surface area contributed by atoms with E-state index < -0.39 is 18.7 Å². The quantitative estimate of drug-likeness (QED) is 0.663. The molecular formula is C17H15F3N4O4S. The number of nitriles is 1. The van der Waals surface area contributed by atoms with Gasteiger partial charge < -0.3 is 19.9 Å². The SMILES string of the molecule is Cc1cc(NC(=O)CSCC(=O)Nc2ccc(OCC(F)(F)F)c(C#N)c2)no1. The van der Waals surface area contributed by atoms with Crippen molar-refractivity contribution in [1.82, 2.24) is 5.16 Å². The molecule has 1 aromatic carbocycles. The van der Waals surface area contributed by atoms with Gasteiger partial charge in [0.2, 0.25) is 11.8 Å². The molecule has 154 valence electrons. The lowest BCUT2D eigenvalue weighted by molar-refractivity contribution is -0.153. The number of aryl methyl sites for hydroxylation is 1. The highest BCUT2D eigenvalue weighted by Gasteiger charge is 2.28. The molecule has 12 heteroatoms. The van der Waals surface area contributed by atoms with Gasteiger partial charge >= 0.3 is 6.18 Å². The van der Waals surface area contributed by atoms with E-state index in [1.165, 1.54) is 18.2 Å². The number of thioether (sulfide) groups is 1. The zero-order valence-electron chi connectivity index (χ0n) is 15.0. The second kappa shape index (κ2) is 9.83. The van der Waals surface area contributed by atoms with E-state index in [1.54, 1.807) is 19.1 Å². The molecule has 2 rings (SSSR count). The van der Waals surface area contributed by atoms with Gasteiger partial charge in [-0.05, 0) is 25.1 Å². The Morgan fingerprint density at radius 3 is 2.52 bits per heavy atom. The van der Waals surface area contributed by atoms with Crippen LogP contribution < -0.4 is 15.4 Å². The van der Waals surface area contributed by atoms with E-state index in [1.807, 2.05) is 0 Å². The summed E-state index contributed by atoms with van der Waals surface area (Å²) >= 11 is 1.04. The highest BCUT2D eigenvalue weighted by molar-refractivity contribution is 8.00. The molecule has 2 aromatic rings. The third-order valence-electron chi connectivity index (χ3n) is 3.14. The lowest BCUT2D eigenvalue weighted by atomic mass is 10.2. The lowest BCUT2D eigenvalue weighted by Crippen LogP contribution is -2.20. The minimum absolute atomic E-state index is 0.00695. The number of rotatable bonds is 8. The third-order valence-corrected chi connectivity index (χ3v) is 4.07. The Hall–Kier alpha value is -3.20. The summed E-state index contributed by atoms with van der Waals surface area (Å²) < 4.78 is 46.1. The largest absolute Gasteiger partial charge is 0.483 e. The highest BCUT2D eigenvalue weighted by Crippen LogP contribution is 2.25. The molecule has 29 heavy (non-hydrogen) atoms. The number of hydrogen-bond donors (Lipinski definition) is 2. The van der Waals surface area contributed by atoms with Crippen LogP contribution in [0.15, 0.2) is 28.8 Å². The minimum Gasteiger partial charge on any atom is -0.483 e. The van der Waals surface area contributed by atoms with Gasteiger partial charge in [0.05, 0.1) is 17.1 Å². The summed E-state index contributed by atoms with van der Waals surface area (Å²) in [4.78, 5) is 23.7. The van der Waals surface area contributed by atoms with Gasteiger partial charge in [0, 0.05) is 11.8 Å². The smallest absolute Gasteiger partial charge is 0.422 e. The fourth-order valence-electron chi connectivity index (χ4n) is 2.02. The average Bonchev–Trinajstić information content (AvgIpc) is 3.04. The number of hydrogen-bond acceptors (Lipinski definition) is 7. The average molecular weight is 428 g/mol. The molecule has 0 spiro atoms. The molecule has 0 bridgehead atoms. The van der Waals surface area contributed by atoms with Gasteiger partial charge in [0.15, 0.2) is 12.4 Å². The summed E-state index contributed by atoms with van der Waals surface area (Å²) in [5, 5.41) is 17.7. The number of carbonyl (C=O) groups is 2. The molecule has 0 aliphatic heterocycles. The Morgan fingerprint density at radius 1 is 1.24 bits per heavy atom. The third kappa shape index (κ3) is 7.74. The first-order valence-corrected chi connectivity index (χ1v) is 9.16. The van der Waals surface area contributed by atoms with E-state index in [2.05, 4.69) is 20.5 Å². The van der Waals surface area contributed by atoms with E-state index in [-0.39, 0.29) is 40.2 Å². The fourth-order valence-corrected chi connectivity index (χ4v) is 2.64. The van der Waals surface area contributed by atoms with Crippen molar-refractivity contribution in [2.75, 3.05) is 28.7 Å². The Bertz CT molecular complexity index is 924. The molecule has 8 nitrogen and oxygen atoms in total. The highest BCUT2D eigenvalue weighted by atomic mass is 32.2. The summed E-state index contributed by atoms with van der Waals surface area (Å²) in [6, 6.07) is 6.94. The van der Waals surface area contributed by atoms with Gasteiger partial charge in [0.25, 0.3) is 0 Å². The second-order valence-electron chi connectivity index (χ2n) is 5.64. The van der Waals surface area contributed by atoms with Crippen LogP contribution >= 0.6 is 11.8 Å². The van der Waals surface area contributed by atoms with Crippen molar-refractivity contribution in [3.8, 4) is 11.8 Å². The van der Waals surface area contributed by atoms with Crippen molar-refractivity contribution in [1.29, 1.82) is 5.26 Å². The molecule has 0 fully saturated rings. The first-order valence-electron chi connectivity index (χ1n) is 8.01. The van der Waals surface area contributed by atoms with Crippen molar-refractivity contribution in [3.63, 3.8) is 0 Å². The number of alkyl halides is 3. The number of halogens is 3. The zero-order chi connectivity index (χ0) is 21.4. The van der Waals surface area contributed by atoms with E-state index in [4.69, 9.17) is 9.78 Å². The molecule has 2 N–H and O–H groups in total. The molecule has 0 atom stereocenters. The number of nitrogens with one attached hydrogen (secondary N) is 2. The van der Waals surface area contributed by atoms with Crippen molar-refractivity contribution in [3.05, 3.63) is 35.6 Å². The zero-order valence-corrected chi connectivity index (χ0v) is 15.8. The molecule has 0 unspecified atom stereocenters. The van der Waals surface area contributed by atoms with Crippen molar-refractivity contribution in [2.45, 2.75) is 13.1 Å². The van der Waals surface area contributed by atoms with Crippen LogP contribution in [0.2, 0.25) is 0 Å². The predicted molar refractivity (Wildman–Crippen MR) is 98.5 cm³/mol. The second-order valence-corrected chi connectivity index (χ2v) is 6.62. The van der Waals surface area contributed by atoms with E-state index >= 15 is 0 Å². The van der Waals surface area contributed by atoms with Crippen LogP contribution in [0, 0.1) is 18.3 Å². The van der Waals surface area contributed by atoms with E-state index in [0.717, 1.165) is 11.8 Å². The summed E-state index contributed by atoms with van der Waals surface area (Å²) in [6.45, 7) is 0.147. The monoisotopic (exact) mass is 428 g/mol. The number of anilines is 2. The van der Waals surface area contributed by atoms with Crippen LogP contribution in [-0.2, 0) is 9.59 Å². The molecule has 2 amide bonds. The van der Waals surface area contributed by atoms with Gasteiger partial charge in [0.1, 0.15) is 17.6 Å². The maximum absolute atomic E-state index is 12.2. The molecule has 0 saturated heterocycles. The van der Waals surface area contributed by atoms with Crippen LogP contribution in [0.5, 0.6) is 5.75 Å². The first kappa shape index (κ1) is 22.1. The molecule has 0 aliphatic carbocycles. The van der Waals surface area contributed by atoms with Crippen LogP contribution in [0.1, 0.15) is 11.3 Å². The molecule has 0 radical (unpaired) electrons. The summed E-state index contributed by atoms with van der Waals surface area (Å²) in [7, 11) is 0. The van der Waals surface area contributed by atoms with Crippen LogP contribution in [0.4, 0.5) is 24.7 Å². The number of aromatic nitrogens is 1. The number of nitrogens with zero attached hydrogens (tertiary/aromatic N) is 2. The normalized spacial score (nSPS) is 10.9. The topological polar surface area (TPSA) is 117 Å². The van der Waals surface area contributed by atoms with Crippen LogP contribution in [0.25, 0.3) is 0 Å². The Morgan fingerprint density at radius 2 is 1.93 bits per heavy atom. The van der Waals surface area contributed by atoms with Gasteiger partial charge in [-0.3, -0.25) is 9.59 Å². The van der Waals surface area contributed by atoms with Crippen LogP contribution in [-0.4, -0.2) is 41.3 Å². The Kier molecular flexibility index (Phi) is 7.49. The van der Waals surface area contributed by atoms with Crippen molar-refractivity contribution >= 4 is 35.1 Å². The van der Waals surface area contributed by atoms with Gasteiger partial charge in [-0.25, -0.2) is 0 Å². The maximum Gasteiger partial charge on any atom is 0.422 e. The van der Waals surface area contributed by atoms with Crippen molar-refractivity contribution < 1.29 is 32.0 Å². The van der Waals surface area contributed by atoms with Crippen molar-refractivity contribution in [2.24, 2.45) is 0 Å². The summed E-state index contributed by atoms with van der Waals surface area (Å²) in [6.07, 6.45) is -4.53. The predicted octanol–water partition coefficient (Wildman–Crippen LogP) is 3.11. The first-order chi connectivity index (χ1) is 13.7. The number of ether oxygens (including phenoxy) is 1. The number of benzene rings is 1. The number of amides is 2. The summed E-state index contributed by atoms with van der Waals surface area (Å²) in [5.41, 5.74) is 0.0658. The van der Waals surface area contributed by atoms with Crippen LogP contribution in [0.3, 0.4) is 0 Å². The van der Waals surface area contributed by atoms with E-state index in [9.17, 15) is 22.8 Å². The Labute approximate surface area is 167 Å². The van der Waals surface area contributed by atoms with Gasteiger partial charge in [-0.15, -0.1) is 11.8 Å². The number of carbonyl (C=O) groups excluding carboxylic acids is 2. The molecule has 0 aliphatic rings. The molecular weight excluding hydrogens is 413 g/mol. The summed E-state index contributed by atoms with van der Waals surface area (Å²) in [5.74, 6) is -0.306. The van der Waals surface area contributed by atoms with E-state index in [0.29, 0.717) is 5.76 Å². The van der Waals surface area contributed by atoms with Gasteiger partial charge in [-0.1, -0.05) is 5.16 Å². The molecule has 1 aromatic heterocycles. The molecule has 0 saturated carbocycles. The maximum atomic E-state index is 12.2. The standard InChI is InChI=1S/C17H15F3N4O4S/c1-10-4-14(24-28-10)23-16(26)8-29-7-15(25)22-12-2-3-13(11(5-12)6-21)27-9-17(18,19)20/h2-5H,7-9H2,1H3,(H,22,25)(H,23,24,26). The minimum atomic E-state index is -4.53. The van der Waals surface area contributed by atoms with Gasteiger partial charge in [-0.2, -0.15) is 18.4 Å². The fraction of sp³-hybridized carbons (Fsp3) is 0.294. The Balaban J connectivity index is 1.80.